The van der Waals surface area contributed by atoms with E-state index < -0.39 is 0 Å². The number of nitrogens with two attached hydrogens (primary N) is 1. The van der Waals surface area contributed by atoms with Gasteiger partial charge in [-0.1, -0.05) is 13.3 Å². The third kappa shape index (κ3) is 3.46. The highest BCUT2D eigenvalue weighted by atomic mass is 15.2. The first-order valence-corrected chi connectivity index (χ1v) is 7.18. The lowest BCUT2D eigenvalue weighted by Gasteiger charge is -2.22. The molecule has 2 rings (SSSR count). The monoisotopic (exact) mass is 260 g/mol. The number of amidine groups is 1. The number of nitrogens with zero attached hydrogens (tertiary/aromatic N) is 2. The summed E-state index contributed by atoms with van der Waals surface area (Å²) in [5.74, 6) is 1.94. The van der Waals surface area contributed by atoms with Gasteiger partial charge in [-0.15, -0.1) is 0 Å². The number of aromatic nitrogens is 1. The third-order valence-electron chi connectivity index (χ3n) is 4.00. The van der Waals surface area contributed by atoms with Crippen molar-refractivity contribution in [3.8, 4) is 0 Å². The van der Waals surface area contributed by atoms with Crippen molar-refractivity contribution in [3.63, 3.8) is 0 Å². The second kappa shape index (κ2) is 6.04. The van der Waals surface area contributed by atoms with E-state index in [9.17, 15) is 0 Å². The number of nitrogen functional groups attached to an aromatic ring is 1. The van der Waals surface area contributed by atoms with Crippen molar-refractivity contribution in [2.24, 2.45) is 11.7 Å². The number of rotatable bonds is 3. The predicted octanol–water partition coefficient (Wildman–Crippen LogP) is 2.69. The van der Waals surface area contributed by atoms with Crippen LogP contribution in [-0.2, 0) is 0 Å². The summed E-state index contributed by atoms with van der Waals surface area (Å²) in [6, 6.07) is 3.82. The van der Waals surface area contributed by atoms with E-state index in [1.54, 1.807) is 0 Å². The van der Waals surface area contributed by atoms with Gasteiger partial charge in [0.1, 0.15) is 11.7 Å². The maximum absolute atomic E-state index is 7.58. The summed E-state index contributed by atoms with van der Waals surface area (Å²) in [6.07, 6.45) is 5.05. The topological polar surface area (TPSA) is 66.0 Å². The van der Waals surface area contributed by atoms with Crippen LogP contribution in [0.5, 0.6) is 0 Å². The molecule has 1 saturated heterocycles. The van der Waals surface area contributed by atoms with Crippen molar-refractivity contribution in [1.82, 2.24) is 4.98 Å². The Hall–Kier alpha value is -1.58. The molecule has 0 amide bonds. The first kappa shape index (κ1) is 13.8. The Balaban J connectivity index is 2.19. The second-order valence-corrected chi connectivity index (χ2v) is 5.46. The Kier molecular flexibility index (Phi) is 4.40. The smallest absolute Gasteiger partial charge is 0.129 e. The van der Waals surface area contributed by atoms with E-state index in [1.165, 1.54) is 25.7 Å². The van der Waals surface area contributed by atoms with Gasteiger partial charge in [0.05, 0.1) is 0 Å². The van der Waals surface area contributed by atoms with Crippen LogP contribution in [0.4, 0.5) is 5.82 Å². The quantitative estimate of drug-likeness (QED) is 0.648. The van der Waals surface area contributed by atoms with E-state index in [1.807, 2.05) is 19.1 Å². The van der Waals surface area contributed by atoms with E-state index in [0.717, 1.165) is 36.1 Å². The van der Waals surface area contributed by atoms with Crippen LogP contribution in [0.3, 0.4) is 0 Å². The van der Waals surface area contributed by atoms with Gasteiger partial charge in [0.25, 0.3) is 0 Å². The number of nitrogens with one attached hydrogen (secondary N) is 1. The van der Waals surface area contributed by atoms with E-state index in [0.29, 0.717) is 0 Å². The van der Waals surface area contributed by atoms with Crippen LogP contribution < -0.4 is 10.6 Å². The zero-order chi connectivity index (χ0) is 13.8. The van der Waals surface area contributed by atoms with Crippen LogP contribution in [0.25, 0.3) is 0 Å². The molecule has 0 spiro atoms. The van der Waals surface area contributed by atoms with Crippen LogP contribution in [0, 0.1) is 18.3 Å². The van der Waals surface area contributed by atoms with Crippen molar-refractivity contribution in [2.75, 3.05) is 18.0 Å². The minimum atomic E-state index is 0.119. The fourth-order valence-electron chi connectivity index (χ4n) is 2.77. The molecule has 1 fully saturated rings. The Labute approximate surface area is 115 Å². The molecule has 2 heterocycles. The summed E-state index contributed by atoms with van der Waals surface area (Å²) in [4.78, 5) is 6.95. The molecule has 1 aliphatic rings. The zero-order valence-corrected chi connectivity index (χ0v) is 11.9. The van der Waals surface area contributed by atoms with Crippen molar-refractivity contribution < 1.29 is 0 Å². The first-order chi connectivity index (χ1) is 9.10. The van der Waals surface area contributed by atoms with Crippen molar-refractivity contribution in [1.29, 1.82) is 5.41 Å². The lowest BCUT2D eigenvalue weighted by atomic mass is 9.98. The molecular formula is C15H24N4. The van der Waals surface area contributed by atoms with E-state index >= 15 is 0 Å². The predicted molar refractivity (Wildman–Crippen MR) is 79.8 cm³/mol. The number of hydrogen-bond donors (Lipinski definition) is 2. The Morgan fingerprint density at radius 3 is 2.89 bits per heavy atom. The van der Waals surface area contributed by atoms with Gasteiger partial charge in [0.15, 0.2) is 0 Å². The van der Waals surface area contributed by atoms with Gasteiger partial charge >= 0.3 is 0 Å². The van der Waals surface area contributed by atoms with E-state index in [-0.39, 0.29) is 5.84 Å². The lowest BCUT2D eigenvalue weighted by molar-refractivity contribution is 0.459. The van der Waals surface area contributed by atoms with Crippen LogP contribution in [0.2, 0.25) is 0 Å². The molecule has 0 aromatic carbocycles. The summed E-state index contributed by atoms with van der Waals surface area (Å²) in [5.41, 5.74) is 7.30. The average Bonchev–Trinajstić information content (AvgIpc) is 2.63. The third-order valence-corrected chi connectivity index (χ3v) is 4.00. The molecule has 1 atom stereocenters. The van der Waals surface area contributed by atoms with Gasteiger partial charge in [0, 0.05) is 24.3 Å². The second-order valence-electron chi connectivity index (χ2n) is 5.46. The van der Waals surface area contributed by atoms with Crippen molar-refractivity contribution >= 4 is 11.7 Å². The zero-order valence-electron chi connectivity index (χ0n) is 11.9. The van der Waals surface area contributed by atoms with E-state index in [4.69, 9.17) is 11.1 Å². The molecular weight excluding hydrogens is 236 g/mol. The molecule has 3 N–H and O–H groups in total. The SMILES string of the molecule is CCC1CCCN(c2cc(C(=N)N)cc(C)n2)CC1. The number of aryl methyl sites for hydroxylation is 1. The van der Waals surface area contributed by atoms with Crippen molar-refractivity contribution in [2.45, 2.75) is 39.5 Å². The standard InChI is InChI=1S/C15H24N4/c1-3-12-5-4-7-19(8-6-12)14-10-13(15(16)17)9-11(2)18-14/h9-10,12H,3-8H2,1-2H3,(H3,16,17). The lowest BCUT2D eigenvalue weighted by Crippen LogP contribution is -2.26. The van der Waals surface area contributed by atoms with Gasteiger partial charge in [0.2, 0.25) is 0 Å². The molecule has 0 radical (unpaired) electrons. The summed E-state index contributed by atoms with van der Waals surface area (Å²) < 4.78 is 0. The Morgan fingerprint density at radius 1 is 1.42 bits per heavy atom. The fourth-order valence-corrected chi connectivity index (χ4v) is 2.77. The highest BCUT2D eigenvalue weighted by molar-refractivity contribution is 5.95. The highest BCUT2D eigenvalue weighted by Crippen LogP contribution is 2.24. The van der Waals surface area contributed by atoms with Gasteiger partial charge in [-0.05, 0) is 44.2 Å². The average molecular weight is 260 g/mol. The maximum Gasteiger partial charge on any atom is 0.129 e. The summed E-state index contributed by atoms with van der Waals surface area (Å²) in [7, 11) is 0. The highest BCUT2D eigenvalue weighted by Gasteiger charge is 2.17. The van der Waals surface area contributed by atoms with Gasteiger partial charge in [-0.3, -0.25) is 5.41 Å². The maximum atomic E-state index is 7.58. The van der Waals surface area contributed by atoms with Crippen LogP contribution in [0.1, 0.15) is 43.9 Å². The molecule has 1 aromatic rings. The van der Waals surface area contributed by atoms with Gasteiger partial charge < -0.3 is 10.6 Å². The largest absolute Gasteiger partial charge is 0.384 e. The molecule has 0 aliphatic carbocycles. The normalized spacial score (nSPS) is 20.1. The van der Waals surface area contributed by atoms with E-state index in [2.05, 4.69) is 16.8 Å². The fraction of sp³-hybridized carbons (Fsp3) is 0.600. The van der Waals surface area contributed by atoms with Crippen LogP contribution >= 0.6 is 0 Å². The van der Waals surface area contributed by atoms with Gasteiger partial charge in [-0.25, -0.2) is 4.98 Å². The molecule has 19 heavy (non-hydrogen) atoms. The molecule has 0 bridgehead atoms. The minimum Gasteiger partial charge on any atom is -0.384 e. The molecule has 4 nitrogen and oxygen atoms in total. The Morgan fingerprint density at radius 2 is 2.21 bits per heavy atom. The first-order valence-electron chi connectivity index (χ1n) is 7.18. The summed E-state index contributed by atoms with van der Waals surface area (Å²) in [6.45, 7) is 6.36. The molecule has 4 heteroatoms. The summed E-state index contributed by atoms with van der Waals surface area (Å²) in [5, 5.41) is 7.58. The van der Waals surface area contributed by atoms with Crippen molar-refractivity contribution in [3.05, 3.63) is 23.4 Å². The van der Waals surface area contributed by atoms with Gasteiger partial charge in [-0.2, -0.15) is 0 Å². The van der Waals surface area contributed by atoms with Crippen LogP contribution in [-0.4, -0.2) is 23.9 Å². The van der Waals surface area contributed by atoms with Crippen LogP contribution in [0.15, 0.2) is 12.1 Å². The molecule has 1 unspecified atom stereocenters. The molecule has 0 saturated carbocycles. The minimum absolute atomic E-state index is 0.119. The Bertz CT molecular complexity index is 455. The number of hydrogen-bond acceptors (Lipinski definition) is 3. The molecule has 104 valence electrons. The molecule has 1 aliphatic heterocycles. The summed E-state index contributed by atoms with van der Waals surface area (Å²) >= 11 is 0. The number of pyridine rings is 1. The molecule has 1 aromatic heterocycles. The number of anilines is 1.